The molecule has 3 aliphatic rings. The van der Waals surface area contributed by atoms with Crippen LogP contribution in [-0.4, -0.2) is 74.4 Å². The van der Waals surface area contributed by atoms with E-state index in [0.717, 1.165) is 92.7 Å². The van der Waals surface area contributed by atoms with Crippen LogP contribution < -0.4 is 31.6 Å². The summed E-state index contributed by atoms with van der Waals surface area (Å²) in [5.74, 6) is 1.83. The molecule has 0 radical (unpaired) electrons. The van der Waals surface area contributed by atoms with Gasteiger partial charge < -0.3 is 25.3 Å². The SMILES string of the molecule is CNCCN(C)Cc1cccc(-c2nc(N(C)C3CCOCC3)c3c(n2)=CCCCC=3NNC2CC2)c1. The normalized spacial score (nSPS) is 18.3. The van der Waals surface area contributed by atoms with Gasteiger partial charge in [-0.15, -0.1) is 0 Å². The van der Waals surface area contributed by atoms with Crippen LogP contribution in [0.15, 0.2) is 24.3 Å². The lowest BCUT2D eigenvalue weighted by Crippen LogP contribution is -2.46. The largest absolute Gasteiger partial charge is 0.381 e. The van der Waals surface area contributed by atoms with E-state index in [1.807, 2.05) is 7.05 Å². The zero-order valence-corrected chi connectivity index (χ0v) is 22.7. The molecule has 1 aromatic heterocycles. The first kappa shape index (κ1) is 26.1. The zero-order chi connectivity index (χ0) is 25.6. The maximum Gasteiger partial charge on any atom is 0.162 e. The molecule has 2 aromatic rings. The number of ether oxygens (including phenoxy) is 1. The number of nitrogens with one attached hydrogen (secondary N) is 3. The van der Waals surface area contributed by atoms with Gasteiger partial charge in [0.1, 0.15) is 5.82 Å². The van der Waals surface area contributed by atoms with Crippen LogP contribution >= 0.6 is 0 Å². The van der Waals surface area contributed by atoms with Crippen LogP contribution in [0.25, 0.3) is 23.2 Å². The van der Waals surface area contributed by atoms with Crippen molar-refractivity contribution in [3.8, 4) is 11.4 Å². The molecule has 1 aliphatic heterocycles. The Morgan fingerprint density at radius 3 is 2.70 bits per heavy atom. The topological polar surface area (TPSA) is 77.6 Å². The highest BCUT2D eigenvalue weighted by Gasteiger charge is 2.25. The Morgan fingerprint density at radius 1 is 1.08 bits per heavy atom. The highest BCUT2D eigenvalue weighted by molar-refractivity contribution is 5.62. The number of likely N-dealkylation sites (N-methyl/N-ethyl adjacent to an activating group) is 2. The number of hydrogen-bond acceptors (Lipinski definition) is 8. The van der Waals surface area contributed by atoms with E-state index in [4.69, 9.17) is 14.7 Å². The summed E-state index contributed by atoms with van der Waals surface area (Å²) in [4.78, 5) is 15.2. The molecule has 0 bridgehead atoms. The summed E-state index contributed by atoms with van der Waals surface area (Å²) in [7, 11) is 6.36. The molecule has 1 saturated carbocycles. The molecule has 3 N–H and O–H groups in total. The lowest BCUT2D eigenvalue weighted by atomic mass is 10.1. The highest BCUT2D eigenvalue weighted by Crippen LogP contribution is 2.23. The second kappa shape index (κ2) is 12.3. The smallest absolute Gasteiger partial charge is 0.162 e. The third kappa shape index (κ3) is 6.68. The molecule has 2 heterocycles. The average Bonchev–Trinajstić information content (AvgIpc) is 3.77. The van der Waals surface area contributed by atoms with Crippen LogP contribution in [0.3, 0.4) is 0 Å². The highest BCUT2D eigenvalue weighted by atomic mass is 16.5. The van der Waals surface area contributed by atoms with Gasteiger partial charge in [0.25, 0.3) is 0 Å². The minimum Gasteiger partial charge on any atom is -0.381 e. The van der Waals surface area contributed by atoms with Crippen LogP contribution in [0, 0.1) is 0 Å². The van der Waals surface area contributed by atoms with Crippen LogP contribution in [-0.2, 0) is 11.3 Å². The molecule has 5 rings (SSSR count). The predicted octanol–water partition coefficient (Wildman–Crippen LogP) is 1.74. The van der Waals surface area contributed by atoms with Crippen molar-refractivity contribution in [2.24, 2.45) is 0 Å². The van der Waals surface area contributed by atoms with Crippen molar-refractivity contribution in [3.63, 3.8) is 0 Å². The van der Waals surface area contributed by atoms with Crippen molar-refractivity contribution in [1.29, 1.82) is 0 Å². The van der Waals surface area contributed by atoms with Crippen molar-refractivity contribution in [2.45, 2.75) is 63.6 Å². The summed E-state index contributed by atoms with van der Waals surface area (Å²) in [5, 5.41) is 5.44. The van der Waals surface area contributed by atoms with Gasteiger partial charge in [0.05, 0.1) is 10.6 Å². The number of fused-ring (bicyclic) bond motifs is 1. The fourth-order valence-corrected chi connectivity index (χ4v) is 5.22. The number of anilines is 1. The third-order valence-corrected chi connectivity index (χ3v) is 7.65. The Labute approximate surface area is 221 Å². The van der Waals surface area contributed by atoms with E-state index in [2.05, 4.69) is 70.4 Å². The number of benzene rings is 1. The van der Waals surface area contributed by atoms with Crippen LogP contribution in [0.5, 0.6) is 0 Å². The summed E-state index contributed by atoms with van der Waals surface area (Å²) >= 11 is 0. The van der Waals surface area contributed by atoms with Crippen molar-refractivity contribution >= 4 is 17.6 Å². The van der Waals surface area contributed by atoms with Crippen LogP contribution in [0.1, 0.15) is 50.5 Å². The first-order chi connectivity index (χ1) is 18.1. The van der Waals surface area contributed by atoms with Gasteiger partial charge in [0.15, 0.2) is 5.82 Å². The van der Waals surface area contributed by atoms with E-state index < -0.39 is 0 Å². The molecule has 2 aliphatic carbocycles. The van der Waals surface area contributed by atoms with Gasteiger partial charge in [-0.1, -0.05) is 24.3 Å². The molecular formula is C29H43N7O. The van der Waals surface area contributed by atoms with Gasteiger partial charge in [0, 0.05) is 63.2 Å². The number of aromatic nitrogens is 2. The molecule has 0 spiro atoms. The second-order valence-electron chi connectivity index (χ2n) is 10.7. The van der Waals surface area contributed by atoms with Crippen molar-refractivity contribution in [2.75, 3.05) is 52.3 Å². The summed E-state index contributed by atoms with van der Waals surface area (Å²) in [6, 6.07) is 9.72. The van der Waals surface area contributed by atoms with Crippen molar-refractivity contribution < 1.29 is 4.74 Å². The minimum atomic E-state index is 0.411. The monoisotopic (exact) mass is 505 g/mol. The van der Waals surface area contributed by atoms with Crippen LogP contribution in [0.4, 0.5) is 5.82 Å². The van der Waals surface area contributed by atoms with Crippen molar-refractivity contribution in [1.82, 2.24) is 31.0 Å². The number of nitrogens with zero attached hydrogens (tertiary/aromatic N) is 4. The van der Waals surface area contributed by atoms with E-state index >= 15 is 0 Å². The average molecular weight is 506 g/mol. The number of rotatable bonds is 11. The Morgan fingerprint density at radius 2 is 1.92 bits per heavy atom. The van der Waals surface area contributed by atoms with Gasteiger partial charge in [-0.3, -0.25) is 0 Å². The van der Waals surface area contributed by atoms with Gasteiger partial charge in [-0.25, -0.2) is 15.4 Å². The molecule has 8 heteroatoms. The Hall–Kier alpha value is -2.52. The van der Waals surface area contributed by atoms with Gasteiger partial charge in [-0.2, -0.15) is 0 Å². The van der Waals surface area contributed by atoms with E-state index in [9.17, 15) is 0 Å². The maximum atomic E-state index is 5.67. The Kier molecular flexibility index (Phi) is 8.71. The number of hydrazine groups is 1. The van der Waals surface area contributed by atoms with E-state index in [-0.39, 0.29) is 0 Å². The molecule has 2 fully saturated rings. The summed E-state index contributed by atoms with van der Waals surface area (Å²) < 4.78 is 5.67. The summed E-state index contributed by atoms with van der Waals surface area (Å²) in [6.07, 6.45) is 9.95. The van der Waals surface area contributed by atoms with Gasteiger partial charge in [-0.05, 0) is 70.7 Å². The molecule has 0 unspecified atom stereocenters. The molecule has 8 nitrogen and oxygen atoms in total. The molecular weight excluding hydrogens is 462 g/mol. The minimum absolute atomic E-state index is 0.411. The predicted molar refractivity (Wildman–Crippen MR) is 150 cm³/mol. The molecule has 0 amide bonds. The molecule has 200 valence electrons. The molecule has 37 heavy (non-hydrogen) atoms. The van der Waals surface area contributed by atoms with E-state index in [1.54, 1.807) is 0 Å². The Balaban J connectivity index is 1.56. The first-order valence-corrected chi connectivity index (χ1v) is 14.0. The van der Waals surface area contributed by atoms with Gasteiger partial charge >= 0.3 is 0 Å². The van der Waals surface area contributed by atoms with Crippen molar-refractivity contribution in [3.05, 3.63) is 40.4 Å². The fraction of sp³-hybridized carbons (Fsp3) is 0.586. The van der Waals surface area contributed by atoms with E-state index in [0.29, 0.717) is 12.1 Å². The standard InChI is InChI=1S/C29H43N7O/c1-30-15-16-35(2)20-21-7-6-8-22(19-21)28-31-25-9-4-5-10-26(34-33-23-11-12-23)27(25)29(32-28)36(3)24-13-17-37-18-14-24/h6-9,19,23-24,30,33-34H,4-5,10-18,20H2,1-3H3. The Bertz CT molecular complexity index is 1170. The second-order valence-corrected chi connectivity index (χ2v) is 10.7. The first-order valence-electron chi connectivity index (χ1n) is 14.0. The maximum absolute atomic E-state index is 5.67. The van der Waals surface area contributed by atoms with E-state index in [1.165, 1.54) is 24.1 Å². The lowest BCUT2D eigenvalue weighted by Gasteiger charge is -2.32. The third-order valence-electron chi connectivity index (χ3n) is 7.65. The fourth-order valence-electron chi connectivity index (χ4n) is 5.22. The molecule has 1 aromatic carbocycles. The molecule has 0 atom stereocenters. The zero-order valence-electron chi connectivity index (χ0n) is 22.7. The lowest BCUT2D eigenvalue weighted by molar-refractivity contribution is 0.0853. The molecule has 1 saturated heterocycles. The number of hydrogen-bond donors (Lipinski definition) is 3. The quantitative estimate of drug-likeness (QED) is 0.399. The van der Waals surface area contributed by atoms with Crippen LogP contribution in [0.2, 0.25) is 0 Å². The summed E-state index contributed by atoms with van der Waals surface area (Å²) in [5.41, 5.74) is 10.7. The van der Waals surface area contributed by atoms with Gasteiger partial charge in [0.2, 0.25) is 0 Å². The summed E-state index contributed by atoms with van der Waals surface area (Å²) in [6.45, 7) is 4.50.